The molecule has 0 spiro atoms. The molecule has 8 nitrogen and oxygen atoms in total. The molecule has 30 heavy (non-hydrogen) atoms. The molecule has 0 bridgehead atoms. The van der Waals surface area contributed by atoms with Gasteiger partial charge in [0.15, 0.2) is 0 Å². The number of furan rings is 1. The van der Waals surface area contributed by atoms with Gasteiger partial charge in [-0.2, -0.15) is 5.10 Å². The first-order valence-corrected chi connectivity index (χ1v) is 10.1. The number of nitrogens with zero attached hydrogens (tertiary/aromatic N) is 3. The Hall–Kier alpha value is -2.97. The molecule has 0 aliphatic carbocycles. The SMILES string of the molecule is Cc1ccc(C(CNC(=O)Cn2nc(C)c3ccccc3c2=O)N2CCOCC2)o1. The number of aromatic nitrogens is 2. The smallest absolute Gasteiger partial charge is 0.275 e. The minimum Gasteiger partial charge on any atom is -0.465 e. The zero-order valence-electron chi connectivity index (χ0n) is 17.3. The Bertz CT molecular complexity index is 1100. The molecule has 0 radical (unpaired) electrons. The van der Waals surface area contributed by atoms with Gasteiger partial charge >= 0.3 is 0 Å². The van der Waals surface area contributed by atoms with Crippen molar-refractivity contribution in [1.29, 1.82) is 0 Å². The quantitative estimate of drug-likeness (QED) is 0.667. The summed E-state index contributed by atoms with van der Waals surface area (Å²) in [5.74, 6) is 1.38. The van der Waals surface area contributed by atoms with Crippen molar-refractivity contribution < 1.29 is 13.9 Å². The van der Waals surface area contributed by atoms with E-state index >= 15 is 0 Å². The monoisotopic (exact) mass is 410 g/mol. The van der Waals surface area contributed by atoms with E-state index in [0.29, 0.717) is 25.1 Å². The molecule has 1 amide bonds. The van der Waals surface area contributed by atoms with E-state index in [4.69, 9.17) is 9.15 Å². The van der Waals surface area contributed by atoms with Crippen molar-refractivity contribution in [3.63, 3.8) is 0 Å². The van der Waals surface area contributed by atoms with Crippen molar-refractivity contribution in [2.45, 2.75) is 26.4 Å². The van der Waals surface area contributed by atoms with Gasteiger partial charge in [-0.05, 0) is 32.0 Å². The molecule has 1 unspecified atom stereocenters. The molecule has 1 N–H and O–H groups in total. The van der Waals surface area contributed by atoms with Crippen LogP contribution in [-0.4, -0.2) is 53.4 Å². The lowest BCUT2D eigenvalue weighted by Crippen LogP contribution is -2.44. The van der Waals surface area contributed by atoms with Crippen molar-refractivity contribution in [2.24, 2.45) is 0 Å². The standard InChI is InChI=1S/C22H26N4O4/c1-15-7-8-20(30-15)19(25-9-11-29-12-10-25)13-23-21(27)14-26-22(28)18-6-4-3-5-17(18)16(2)24-26/h3-8,19H,9-14H2,1-2H3,(H,23,27). The molecular formula is C22H26N4O4. The average molecular weight is 410 g/mol. The van der Waals surface area contributed by atoms with E-state index in [0.717, 1.165) is 35.7 Å². The van der Waals surface area contributed by atoms with E-state index in [1.165, 1.54) is 4.68 Å². The van der Waals surface area contributed by atoms with E-state index in [1.807, 2.05) is 44.2 Å². The summed E-state index contributed by atoms with van der Waals surface area (Å²) in [4.78, 5) is 27.6. The molecule has 1 atom stereocenters. The third-order valence-corrected chi connectivity index (χ3v) is 5.41. The van der Waals surface area contributed by atoms with Gasteiger partial charge in [0.05, 0.1) is 30.3 Å². The minimum atomic E-state index is -0.266. The number of nitrogens with one attached hydrogen (secondary N) is 1. The highest BCUT2D eigenvalue weighted by atomic mass is 16.5. The van der Waals surface area contributed by atoms with Gasteiger partial charge in [-0.1, -0.05) is 18.2 Å². The minimum absolute atomic E-state index is 0.0884. The summed E-state index contributed by atoms with van der Waals surface area (Å²) in [6.07, 6.45) is 0. The highest BCUT2D eigenvalue weighted by Gasteiger charge is 2.26. The summed E-state index contributed by atoms with van der Waals surface area (Å²) in [6.45, 7) is 6.84. The van der Waals surface area contributed by atoms with Gasteiger partial charge in [0.2, 0.25) is 5.91 Å². The third kappa shape index (κ3) is 4.29. The summed E-state index contributed by atoms with van der Waals surface area (Å²) in [6, 6.07) is 11.1. The second-order valence-electron chi connectivity index (χ2n) is 7.51. The van der Waals surface area contributed by atoms with E-state index in [9.17, 15) is 9.59 Å². The number of morpholine rings is 1. The Morgan fingerprint density at radius 1 is 1.13 bits per heavy atom. The lowest BCUT2D eigenvalue weighted by Gasteiger charge is -2.33. The Balaban J connectivity index is 1.48. The number of hydrogen-bond acceptors (Lipinski definition) is 6. The van der Waals surface area contributed by atoms with Gasteiger partial charge in [0.25, 0.3) is 5.56 Å². The van der Waals surface area contributed by atoms with E-state index in [1.54, 1.807) is 6.07 Å². The van der Waals surface area contributed by atoms with Crippen LogP contribution < -0.4 is 10.9 Å². The lowest BCUT2D eigenvalue weighted by atomic mass is 10.1. The second-order valence-corrected chi connectivity index (χ2v) is 7.51. The molecule has 3 heterocycles. The zero-order valence-corrected chi connectivity index (χ0v) is 17.3. The van der Waals surface area contributed by atoms with Gasteiger partial charge in [-0.3, -0.25) is 14.5 Å². The van der Waals surface area contributed by atoms with Gasteiger partial charge in [0.1, 0.15) is 18.1 Å². The first-order valence-electron chi connectivity index (χ1n) is 10.1. The van der Waals surface area contributed by atoms with Crippen molar-refractivity contribution in [2.75, 3.05) is 32.8 Å². The van der Waals surface area contributed by atoms with E-state index < -0.39 is 0 Å². The number of rotatable bonds is 6. The summed E-state index contributed by atoms with van der Waals surface area (Å²) in [5, 5.41) is 8.64. The zero-order chi connectivity index (χ0) is 21.1. The van der Waals surface area contributed by atoms with Crippen LogP contribution in [0, 0.1) is 13.8 Å². The fourth-order valence-electron chi connectivity index (χ4n) is 3.85. The number of carbonyl (C=O) groups excluding carboxylic acids is 1. The molecule has 1 saturated heterocycles. The van der Waals surface area contributed by atoms with Crippen LogP contribution in [0.4, 0.5) is 0 Å². The molecule has 8 heteroatoms. The second kappa shape index (κ2) is 8.81. The Labute approximate surface area is 174 Å². The fourth-order valence-corrected chi connectivity index (χ4v) is 3.85. The predicted molar refractivity (Wildman–Crippen MR) is 112 cm³/mol. The van der Waals surface area contributed by atoms with E-state index in [2.05, 4.69) is 15.3 Å². The van der Waals surface area contributed by atoms with Crippen LogP contribution in [0.3, 0.4) is 0 Å². The number of fused-ring (bicyclic) bond motifs is 1. The highest BCUT2D eigenvalue weighted by molar-refractivity contribution is 5.83. The van der Waals surface area contributed by atoms with E-state index in [-0.39, 0.29) is 24.1 Å². The molecule has 0 saturated carbocycles. The van der Waals surface area contributed by atoms with Crippen LogP contribution in [-0.2, 0) is 16.1 Å². The van der Waals surface area contributed by atoms with Crippen LogP contribution in [0.15, 0.2) is 45.6 Å². The predicted octanol–water partition coefficient (Wildman–Crippen LogP) is 1.80. The molecule has 2 aromatic heterocycles. The third-order valence-electron chi connectivity index (χ3n) is 5.41. The van der Waals surface area contributed by atoms with Crippen LogP contribution in [0.1, 0.15) is 23.3 Å². The summed E-state index contributed by atoms with van der Waals surface area (Å²) >= 11 is 0. The Morgan fingerprint density at radius 3 is 2.57 bits per heavy atom. The summed E-state index contributed by atoms with van der Waals surface area (Å²) < 4.78 is 12.5. The maximum absolute atomic E-state index is 12.7. The number of carbonyl (C=O) groups is 1. The van der Waals surface area contributed by atoms with Gasteiger partial charge in [0, 0.05) is 25.0 Å². The number of aryl methyl sites for hydroxylation is 2. The van der Waals surface area contributed by atoms with Gasteiger partial charge in [-0.15, -0.1) is 0 Å². The molecular weight excluding hydrogens is 384 g/mol. The van der Waals surface area contributed by atoms with Crippen LogP contribution in [0.2, 0.25) is 0 Å². The number of ether oxygens (including phenoxy) is 1. The average Bonchev–Trinajstić information content (AvgIpc) is 3.19. The van der Waals surface area contributed by atoms with Crippen molar-refractivity contribution in [1.82, 2.24) is 20.0 Å². The number of amides is 1. The highest BCUT2D eigenvalue weighted by Crippen LogP contribution is 2.23. The van der Waals surface area contributed by atoms with Crippen LogP contribution >= 0.6 is 0 Å². The molecule has 1 aliphatic rings. The van der Waals surface area contributed by atoms with Gasteiger partial charge < -0.3 is 14.5 Å². The molecule has 1 aliphatic heterocycles. The lowest BCUT2D eigenvalue weighted by molar-refractivity contribution is -0.122. The Morgan fingerprint density at radius 2 is 1.87 bits per heavy atom. The van der Waals surface area contributed by atoms with Gasteiger partial charge in [-0.25, -0.2) is 4.68 Å². The van der Waals surface area contributed by atoms with Crippen molar-refractivity contribution in [3.05, 3.63) is 64.0 Å². The first-order chi connectivity index (χ1) is 14.5. The topological polar surface area (TPSA) is 89.6 Å². The summed E-state index contributed by atoms with van der Waals surface area (Å²) in [7, 11) is 0. The molecule has 158 valence electrons. The molecule has 4 rings (SSSR count). The first kappa shape index (κ1) is 20.3. The molecule has 3 aromatic rings. The summed E-state index contributed by atoms with van der Waals surface area (Å²) in [5.41, 5.74) is 0.452. The van der Waals surface area contributed by atoms with Crippen molar-refractivity contribution >= 4 is 16.7 Å². The van der Waals surface area contributed by atoms with Crippen LogP contribution in [0.25, 0.3) is 10.8 Å². The maximum Gasteiger partial charge on any atom is 0.275 e. The number of benzene rings is 1. The Kier molecular flexibility index (Phi) is 5.96. The molecule has 1 aromatic carbocycles. The normalized spacial score (nSPS) is 15.9. The largest absolute Gasteiger partial charge is 0.465 e. The fraction of sp³-hybridized carbons (Fsp3) is 0.409. The van der Waals surface area contributed by atoms with Crippen LogP contribution in [0.5, 0.6) is 0 Å². The van der Waals surface area contributed by atoms with Crippen molar-refractivity contribution in [3.8, 4) is 0 Å². The maximum atomic E-state index is 12.7. The number of hydrogen-bond donors (Lipinski definition) is 1. The molecule has 1 fully saturated rings.